The van der Waals surface area contributed by atoms with Gasteiger partial charge in [0.15, 0.2) is 0 Å². The van der Waals surface area contributed by atoms with Gasteiger partial charge in [0.05, 0.1) is 27.3 Å². The number of ether oxygens (including phenoxy) is 1. The van der Waals surface area contributed by atoms with Crippen molar-refractivity contribution in [2.75, 3.05) is 11.3 Å². The molecule has 2 aromatic heterocycles. The zero-order valence-corrected chi connectivity index (χ0v) is 18.3. The van der Waals surface area contributed by atoms with Crippen LogP contribution in [0, 0.1) is 0 Å². The molecule has 3 aromatic rings. The van der Waals surface area contributed by atoms with Crippen molar-refractivity contribution in [1.29, 1.82) is 0 Å². The highest BCUT2D eigenvalue weighted by molar-refractivity contribution is 7.92. The van der Waals surface area contributed by atoms with Crippen LogP contribution in [0.1, 0.15) is 30.4 Å². The Balaban J connectivity index is 1.89. The third kappa shape index (κ3) is 5.11. The van der Waals surface area contributed by atoms with Crippen molar-refractivity contribution in [3.05, 3.63) is 53.0 Å². The minimum atomic E-state index is -3.93. The molecule has 0 spiro atoms. The molecule has 0 fully saturated rings. The maximum atomic E-state index is 13.1. The van der Waals surface area contributed by atoms with Crippen LogP contribution in [0.2, 0.25) is 0 Å². The Kier molecular flexibility index (Phi) is 5.92. The quantitative estimate of drug-likeness (QED) is 0.570. The average molecular weight is 434 g/mol. The molecule has 0 amide bonds. The van der Waals surface area contributed by atoms with Crippen LogP contribution in [-0.4, -0.2) is 36.2 Å². The van der Waals surface area contributed by atoms with Crippen LogP contribution in [0.3, 0.4) is 0 Å². The molecule has 2 heterocycles. The number of anilines is 1. The van der Waals surface area contributed by atoms with E-state index in [1.54, 1.807) is 53.8 Å². The van der Waals surface area contributed by atoms with Gasteiger partial charge in [0.2, 0.25) is 5.78 Å². The minimum absolute atomic E-state index is 0.114. The fraction of sp³-hybridized carbons (Fsp3) is 0.300. The molecule has 1 aromatic carbocycles. The Bertz CT molecular complexity index is 1120. The number of carbonyl (C=O) groups excluding carboxylic acids is 1. The number of aromatic nitrogens is 2. The third-order valence-corrected chi connectivity index (χ3v) is 6.37. The number of carbonyl (C=O) groups is 1. The van der Waals surface area contributed by atoms with E-state index in [0.29, 0.717) is 16.0 Å². The number of sulfonamides is 1. The smallest absolute Gasteiger partial charge is 0.262 e. The first-order valence-corrected chi connectivity index (χ1v) is 11.3. The van der Waals surface area contributed by atoms with Crippen molar-refractivity contribution >= 4 is 32.8 Å². The standard InChI is InChI=1S/C20H23N3O4S2/c1-20(2,3)27-13-17(24)19-16(9-10-28-19)22-29(25,26)18-8-6-5-7-15(18)14-11-21-23(4)12-14/h5-12,22H,13H2,1-4H3. The molecule has 7 nitrogen and oxygen atoms in total. The number of rotatable bonds is 7. The number of hydrogen-bond donors (Lipinski definition) is 1. The molecule has 0 aliphatic carbocycles. The van der Waals surface area contributed by atoms with Gasteiger partial charge < -0.3 is 4.74 Å². The summed E-state index contributed by atoms with van der Waals surface area (Å²) in [6.45, 7) is 5.44. The zero-order chi connectivity index (χ0) is 21.2. The van der Waals surface area contributed by atoms with E-state index in [1.165, 1.54) is 17.4 Å². The second-order valence-electron chi connectivity index (χ2n) is 7.49. The predicted octanol–water partition coefficient (Wildman–Crippen LogP) is 3.95. The van der Waals surface area contributed by atoms with E-state index in [2.05, 4.69) is 9.82 Å². The van der Waals surface area contributed by atoms with Crippen molar-refractivity contribution in [1.82, 2.24) is 9.78 Å². The van der Waals surface area contributed by atoms with E-state index in [9.17, 15) is 13.2 Å². The van der Waals surface area contributed by atoms with Gasteiger partial charge in [-0.3, -0.25) is 14.2 Å². The maximum Gasteiger partial charge on any atom is 0.262 e. The number of aryl methyl sites for hydroxylation is 1. The van der Waals surface area contributed by atoms with E-state index in [-0.39, 0.29) is 23.0 Å². The first-order valence-electron chi connectivity index (χ1n) is 8.92. The molecule has 0 unspecified atom stereocenters. The lowest BCUT2D eigenvalue weighted by atomic mass is 10.1. The summed E-state index contributed by atoms with van der Waals surface area (Å²) < 4.78 is 35.9. The Morgan fingerprint density at radius 2 is 1.97 bits per heavy atom. The van der Waals surface area contributed by atoms with Crippen molar-refractivity contribution in [2.45, 2.75) is 31.3 Å². The minimum Gasteiger partial charge on any atom is -0.368 e. The highest BCUT2D eigenvalue weighted by Gasteiger charge is 2.24. The molecule has 0 radical (unpaired) electrons. The Morgan fingerprint density at radius 3 is 2.62 bits per heavy atom. The van der Waals surface area contributed by atoms with Crippen molar-refractivity contribution < 1.29 is 17.9 Å². The number of Topliss-reactive ketones (excluding diaryl/α,β-unsaturated/α-hetero) is 1. The van der Waals surface area contributed by atoms with Gasteiger partial charge in [-0.2, -0.15) is 5.10 Å². The van der Waals surface area contributed by atoms with Crippen molar-refractivity contribution in [2.24, 2.45) is 7.05 Å². The molecule has 0 saturated carbocycles. The summed E-state index contributed by atoms with van der Waals surface area (Å²) in [5.74, 6) is -0.270. The lowest BCUT2D eigenvalue weighted by molar-refractivity contribution is 0.00326. The Hall–Kier alpha value is -2.49. The number of nitrogens with one attached hydrogen (secondary N) is 1. The second kappa shape index (κ2) is 8.10. The maximum absolute atomic E-state index is 13.1. The Labute approximate surface area is 174 Å². The SMILES string of the molecule is Cn1cc(-c2ccccc2S(=O)(=O)Nc2ccsc2C(=O)COC(C)(C)C)cn1. The van der Waals surface area contributed by atoms with Crippen LogP contribution in [0.25, 0.3) is 11.1 Å². The number of nitrogens with zero attached hydrogens (tertiary/aromatic N) is 2. The molecule has 9 heteroatoms. The van der Waals surface area contributed by atoms with Gasteiger partial charge in [0.25, 0.3) is 10.0 Å². The number of thiophene rings is 1. The van der Waals surface area contributed by atoms with Gasteiger partial charge in [0, 0.05) is 24.4 Å². The lowest BCUT2D eigenvalue weighted by Gasteiger charge is -2.18. The molecule has 3 rings (SSSR count). The van der Waals surface area contributed by atoms with Crippen LogP contribution >= 0.6 is 11.3 Å². The van der Waals surface area contributed by atoms with E-state index in [1.807, 2.05) is 20.8 Å². The average Bonchev–Trinajstić information content (AvgIpc) is 3.27. The fourth-order valence-electron chi connectivity index (χ4n) is 2.65. The molecule has 29 heavy (non-hydrogen) atoms. The van der Waals surface area contributed by atoms with Crippen molar-refractivity contribution in [3.63, 3.8) is 0 Å². The van der Waals surface area contributed by atoms with Crippen LogP contribution in [0.15, 0.2) is 53.0 Å². The molecule has 1 N–H and O–H groups in total. The second-order valence-corrected chi connectivity index (χ2v) is 10.1. The summed E-state index contributed by atoms with van der Waals surface area (Å²) in [6, 6.07) is 8.26. The van der Waals surface area contributed by atoms with Crippen LogP contribution in [0.5, 0.6) is 0 Å². The number of hydrogen-bond acceptors (Lipinski definition) is 6. The van der Waals surface area contributed by atoms with Gasteiger partial charge in [0.1, 0.15) is 6.61 Å². The third-order valence-electron chi connectivity index (χ3n) is 3.99. The highest BCUT2D eigenvalue weighted by Crippen LogP contribution is 2.31. The summed E-state index contributed by atoms with van der Waals surface area (Å²) in [6.07, 6.45) is 3.36. The van der Waals surface area contributed by atoms with Gasteiger partial charge in [-0.1, -0.05) is 18.2 Å². The van der Waals surface area contributed by atoms with Crippen LogP contribution in [0.4, 0.5) is 5.69 Å². The first-order chi connectivity index (χ1) is 13.6. The van der Waals surface area contributed by atoms with Gasteiger partial charge in [-0.15, -0.1) is 11.3 Å². The molecule has 0 saturated heterocycles. The Morgan fingerprint density at radius 1 is 1.24 bits per heavy atom. The van der Waals surface area contributed by atoms with Crippen LogP contribution in [-0.2, 0) is 21.8 Å². The fourth-order valence-corrected chi connectivity index (χ4v) is 4.80. The molecule has 0 bridgehead atoms. The van der Waals surface area contributed by atoms with Gasteiger partial charge >= 0.3 is 0 Å². The highest BCUT2D eigenvalue weighted by atomic mass is 32.2. The van der Waals surface area contributed by atoms with Gasteiger partial charge in [-0.25, -0.2) is 8.42 Å². The van der Waals surface area contributed by atoms with E-state index in [4.69, 9.17) is 4.74 Å². The van der Waals surface area contributed by atoms with E-state index in [0.717, 1.165) is 0 Å². The first kappa shape index (κ1) is 21.2. The summed E-state index contributed by atoms with van der Waals surface area (Å²) >= 11 is 1.18. The van der Waals surface area contributed by atoms with Gasteiger partial charge in [-0.05, 0) is 38.3 Å². The molecular formula is C20H23N3O4S2. The van der Waals surface area contributed by atoms with Crippen molar-refractivity contribution in [3.8, 4) is 11.1 Å². The number of ketones is 1. The number of benzene rings is 1. The molecule has 0 atom stereocenters. The molecule has 0 aliphatic heterocycles. The van der Waals surface area contributed by atoms with Crippen LogP contribution < -0.4 is 4.72 Å². The zero-order valence-electron chi connectivity index (χ0n) is 16.7. The lowest BCUT2D eigenvalue weighted by Crippen LogP contribution is -2.24. The summed E-state index contributed by atoms with van der Waals surface area (Å²) in [5, 5.41) is 5.79. The molecule has 0 aliphatic rings. The molecular weight excluding hydrogens is 410 g/mol. The predicted molar refractivity (Wildman–Crippen MR) is 114 cm³/mol. The monoisotopic (exact) mass is 433 g/mol. The van der Waals surface area contributed by atoms with E-state index < -0.39 is 15.6 Å². The van der Waals surface area contributed by atoms with E-state index >= 15 is 0 Å². The normalized spacial score (nSPS) is 12.1. The topological polar surface area (TPSA) is 90.3 Å². The largest absolute Gasteiger partial charge is 0.368 e. The molecule has 154 valence electrons. The summed E-state index contributed by atoms with van der Waals surface area (Å²) in [7, 11) is -2.16. The summed E-state index contributed by atoms with van der Waals surface area (Å²) in [4.78, 5) is 13.0. The summed E-state index contributed by atoms with van der Waals surface area (Å²) in [5.41, 5.74) is 1.01.